The zero-order chi connectivity index (χ0) is 18.6. The van der Waals surface area contributed by atoms with Crippen molar-refractivity contribution in [3.8, 4) is 12.1 Å². The lowest BCUT2D eigenvalue weighted by molar-refractivity contribution is -0.112. The van der Waals surface area contributed by atoms with Crippen LogP contribution in [0.5, 0.6) is 0 Å². The fourth-order valence-electron chi connectivity index (χ4n) is 2.40. The molecule has 0 aliphatic heterocycles. The molecule has 1 amide bonds. The van der Waals surface area contributed by atoms with Crippen molar-refractivity contribution in [2.45, 2.75) is 19.3 Å². The Morgan fingerprint density at radius 2 is 1.73 bits per heavy atom. The van der Waals surface area contributed by atoms with Crippen molar-refractivity contribution in [2.24, 2.45) is 0 Å². The van der Waals surface area contributed by atoms with Crippen LogP contribution >= 0.6 is 0 Å². The molecule has 0 saturated heterocycles. The maximum Gasteiger partial charge on any atom is 0.267 e. The molecule has 2 aromatic carbocycles. The zero-order valence-corrected chi connectivity index (χ0v) is 14.4. The molecule has 0 atom stereocenters. The number of carbonyl (C=O) groups excluding carboxylic acids is 1. The van der Waals surface area contributed by atoms with Crippen molar-refractivity contribution in [3.05, 3.63) is 77.5 Å². The van der Waals surface area contributed by atoms with Gasteiger partial charge in [0, 0.05) is 12.7 Å². The standard InChI is InChI=1S/C21H20N4O/c22-14-18-11-4-5-12-20(18)25-21(26)19(15-23)16-24-13-7-6-10-17-8-2-1-3-9-17/h1-5,8-9,11-12,16,24H,6-7,10,13H2,(H,25,26)/b19-16-. The molecule has 0 bridgehead atoms. The van der Waals surface area contributed by atoms with Gasteiger partial charge in [-0.2, -0.15) is 10.5 Å². The van der Waals surface area contributed by atoms with E-state index in [9.17, 15) is 4.79 Å². The molecule has 26 heavy (non-hydrogen) atoms. The van der Waals surface area contributed by atoms with Gasteiger partial charge in [-0.1, -0.05) is 42.5 Å². The molecule has 130 valence electrons. The molecule has 0 radical (unpaired) electrons. The number of unbranched alkanes of at least 4 members (excludes halogenated alkanes) is 1. The lowest BCUT2D eigenvalue weighted by Crippen LogP contribution is -2.17. The number of hydrogen-bond acceptors (Lipinski definition) is 4. The number of nitrogens with one attached hydrogen (secondary N) is 2. The number of rotatable bonds is 8. The predicted molar refractivity (Wildman–Crippen MR) is 101 cm³/mol. The van der Waals surface area contributed by atoms with E-state index in [0.29, 0.717) is 17.8 Å². The Balaban J connectivity index is 1.79. The monoisotopic (exact) mass is 344 g/mol. The maximum atomic E-state index is 12.2. The second kappa shape index (κ2) is 10.3. The quantitative estimate of drug-likeness (QED) is 0.436. The summed E-state index contributed by atoms with van der Waals surface area (Å²) >= 11 is 0. The van der Waals surface area contributed by atoms with E-state index in [1.54, 1.807) is 24.3 Å². The molecule has 0 saturated carbocycles. The molecule has 0 aliphatic carbocycles. The van der Waals surface area contributed by atoms with E-state index in [1.807, 2.05) is 30.3 Å². The van der Waals surface area contributed by atoms with Crippen molar-refractivity contribution in [2.75, 3.05) is 11.9 Å². The fourth-order valence-corrected chi connectivity index (χ4v) is 2.40. The van der Waals surface area contributed by atoms with Crippen LogP contribution in [0.25, 0.3) is 0 Å². The summed E-state index contributed by atoms with van der Waals surface area (Å²) in [4.78, 5) is 12.2. The van der Waals surface area contributed by atoms with Crippen LogP contribution in [0.15, 0.2) is 66.4 Å². The number of hydrogen-bond donors (Lipinski definition) is 2. The first kappa shape index (κ1) is 18.8. The van der Waals surface area contributed by atoms with Gasteiger partial charge in [-0.15, -0.1) is 0 Å². The van der Waals surface area contributed by atoms with E-state index in [4.69, 9.17) is 10.5 Å². The Morgan fingerprint density at radius 1 is 1.00 bits per heavy atom. The van der Waals surface area contributed by atoms with Gasteiger partial charge in [0.2, 0.25) is 0 Å². The second-order valence-electron chi connectivity index (χ2n) is 5.68. The Morgan fingerprint density at radius 3 is 2.46 bits per heavy atom. The summed E-state index contributed by atoms with van der Waals surface area (Å²) in [7, 11) is 0. The number of nitriles is 2. The van der Waals surface area contributed by atoms with Gasteiger partial charge >= 0.3 is 0 Å². The third kappa shape index (κ3) is 5.81. The van der Waals surface area contributed by atoms with Crippen molar-refractivity contribution in [3.63, 3.8) is 0 Å². The SMILES string of the molecule is N#C/C(=C/NCCCCc1ccccc1)C(=O)Nc1ccccc1C#N. The van der Waals surface area contributed by atoms with Crippen molar-refractivity contribution < 1.29 is 4.79 Å². The Labute approximate surface area is 153 Å². The number of benzene rings is 2. The van der Waals surface area contributed by atoms with Crippen LogP contribution in [0, 0.1) is 22.7 Å². The van der Waals surface area contributed by atoms with Crippen LogP contribution in [0.4, 0.5) is 5.69 Å². The second-order valence-corrected chi connectivity index (χ2v) is 5.68. The molecular weight excluding hydrogens is 324 g/mol. The van der Waals surface area contributed by atoms with Crippen LogP contribution < -0.4 is 10.6 Å². The van der Waals surface area contributed by atoms with Crippen molar-refractivity contribution in [1.29, 1.82) is 10.5 Å². The summed E-state index contributed by atoms with van der Waals surface area (Å²) in [5.41, 5.74) is 2.02. The normalized spacial score (nSPS) is 10.5. The molecule has 2 N–H and O–H groups in total. The predicted octanol–water partition coefficient (Wildman–Crippen LogP) is 3.52. The first-order valence-corrected chi connectivity index (χ1v) is 8.42. The summed E-state index contributed by atoms with van der Waals surface area (Å²) in [6.07, 6.45) is 4.38. The largest absolute Gasteiger partial charge is 0.390 e. The van der Waals surface area contributed by atoms with Gasteiger partial charge in [-0.3, -0.25) is 4.79 Å². The summed E-state index contributed by atoms with van der Waals surface area (Å²) in [5.74, 6) is -0.535. The molecule has 0 spiro atoms. The average molecular weight is 344 g/mol. The van der Waals surface area contributed by atoms with Gasteiger partial charge in [0.25, 0.3) is 5.91 Å². The van der Waals surface area contributed by atoms with Crippen LogP contribution in [0.2, 0.25) is 0 Å². The fraction of sp³-hybridized carbons (Fsp3) is 0.190. The lowest BCUT2D eigenvalue weighted by atomic mass is 10.1. The molecule has 0 aliphatic rings. The third-order valence-corrected chi connectivity index (χ3v) is 3.79. The minimum absolute atomic E-state index is 0.0270. The average Bonchev–Trinajstić information content (AvgIpc) is 2.68. The van der Waals surface area contributed by atoms with E-state index in [1.165, 1.54) is 11.8 Å². The van der Waals surface area contributed by atoms with Crippen molar-refractivity contribution in [1.82, 2.24) is 5.32 Å². The zero-order valence-electron chi connectivity index (χ0n) is 14.4. The summed E-state index contributed by atoms with van der Waals surface area (Å²) < 4.78 is 0. The number of para-hydroxylation sites is 1. The number of anilines is 1. The van der Waals surface area contributed by atoms with E-state index in [-0.39, 0.29) is 5.57 Å². The topological polar surface area (TPSA) is 88.7 Å². The van der Waals surface area contributed by atoms with Crippen LogP contribution in [0.3, 0.4) is 0 Å². The number of nitrogens with zero attached hydrogens (tertiary/aromatic N) is 2. The molecule has 5 nitrogen and oxygen atoms in total. The molecule has 0 aromatic heterocycles. The molecule has 0 fully saturated rings. The smallest absolute Gasteiger partial charge is 0.267 e. The van der Waals surface area contributed by atoms with Gasteiger partial charge in [0.15, 0.2) is 0 Å². The van der Waals surface area contributed by atoms with Gasteiger partial charge in [0.05, 0.1) is 11.3 Å². The van der Waals surface area contributed by atoms with Gasteiger partial charge < -0.3 is 10.6 Å². The lowest BCUT2D eigenvalue weighted by Gasteiger charge is -2.06. The van der Waals surface area contributed by atoms with Crippen LogP contribution in [0.1, 0.15) is 24.0 Å². The van der Waals surface area contributed by atoms with E-state index in [0.717, 1.165) is 19.3 Å². The highest BCUT2D eigenvalue weighted by atomic mass is 16.1. The molecule has 0 heterocycles. The van der Waals surface area contributed by atoms with Gasteiger partial charge in [-0.25, -0.2) is 0 Å². The van der Waals surface area contributed by atoms with Crippen molar-refractivity contribution >= 4 is 11.6 Å². The van der Waals surface area contributed by atoms with Crippen LogP contribution in [-0.2, 0) is 11.2 Å². The molecule has 5 heteroatoms. The number of amides is 1. The maximum absolute atomic E-state index is 12.2. The highest BCUT2D eigenvalue weighted by Gasteiger charge is 2.11. The number of aryl methyl sites for hydroxylation is 1. The van der Waals surface area contributed by atoms with Gasteiger partial charge in [-0.05, 0) is 37.0 Å². The van der Waals surface area contributed by atoms with Gasteiger partial charge in [0.1, 0.15) is 17.7 Å². The highest BCUT2D eigenvalue weighted by Crippen LogP contribution is 2.14. The Bertz CT molecular complexity index is 844. The van der Waals surface area contributed by atoms with Crippen LogP contribution in [-0.4, -0.2) is 12.5 Å². The van der Waals surface area contributed by atoms with E-state index in [2.05, 4.69) is 22.8 Å². The number of carbonyl (C=O) groups is 1. The molecule has 2 rings (SSSR count). The van der Waals surface area contributed by atoms with E-state index >= 15 is 0 Å². The molecule has 0 unspecified atom stereocenters. The Hall–Kier alpha value is -3.57. The summed E-state index contributed by atoms with van der Waals surface area (Å²) in [5, 5.41) is 23.8. The Kier molecular flexibility index (Phi) is 7.45. The molecule has 2 aromatic rings. The minimum Gasteiger partial charge on any atom is -0.390 e. The highest BCUT2D eigenvalue weighted by molar-refractivity contribution is 6.07. The summed E-state index contributed by atoms with van der Waals surface area (Å²) in [6.45, 7) is 0.681. The third-order valence-electron chi connectivity index (χ3n) is 3.79. The van der Waals surface area contributed by atoms with E-state index < -0.39 is 5.91 Å². The summed E-state index contributed by atoms with van der Waals surface area (Å²) in [6, 6.07) is 20.8. The minimum atomic E-state index is -0.535. The first-order chi connectivity index (χ1) is 12.7. The molecular formula is C21H20N4O. The first-order valence-electron chi connectivity index (χ1n) is 8.42.